The average Bonchev–Trinajstić information content (AvgIpc) is 2.41. The summed E-state index contributed by atoms with van der Waals surface area (Å²) in [7, 11) is 0. The lowest BCUT2D eigenvalue weighted by Crippen LogP contribution is -2.35. The second-order valence-electron chi connectivity index (χ2n) is 3.86. The van der Waals surface area contributed by atoms with Crippen molar-refractivity contribution in [3.8, 4) is 0 Å². The minimum atomic E-state index is 0.114. The van der Waals surface area contributed by atoms with E-state index in [4.69, 9.17) is 0 Å². The van der Waals surface area contributed by atoms with E-state index in [9.17, 15) is 4.79 Å². The normalized spacial score (nSPS) is 19.1. The van der Waals surface area contributed by atoms with Crippen molar-refractivity contribution in [3.05, 3.63) is 12.2 Å². The first kappa shape index (κ1) is 11.2. The summed E-state index contributed by atoms with van der Waals surface area (Å²) in [5.41, 5.74) is 0.648. The highest BCUT2D eigenvalue weighted by atomic mass is 16.2. The fraction of sp³-hybridized carbons (Fsp3) is 0.727. The fourth-order valence-corrected chi connectivity index (χ4v) is 1.76. The third-order valence-corrected chi connectivity index (χ3v) is 2.69. The quantitative estimate of drug-likeness (QED) is 0.618. The van der Waals surface area contributed by atoms with Gasteiger partial charge in [0.05, 0.1) is 0 Å². The molecule has 1 aliphatic rings. The molecule has 0 aromatic heterocycles. The standard InChI is InChI=1S/C11H20N2O/c1-4-12-6-5-7-13(9-8-12)11(14)10(2)3/h2,4-9H2,1,3H3. The van der Waals surface area contributed by atoms with Crippen LogP contribution in [0.5, 0.6) is 0 Å². The molecule has 3 nitrogen and oxygen atoms in total. The Balaban J connectivity index is 2.49. The van der Waals surface area contributed by atoms with Gasteiger partial charge in [-0.25, -0.2) is 0 Å². The Kier molecular flexibility index (Phi) is 4.14. The molecule has 0 radical (unpaired) electrons. The molecule has 0 aromatic rings. The number of hydrogen-bond acceptors (Lipinski definition) is 2. The number of carbonyl (C=O) groups is 1. The molecule has 0 aromatic carbocycles. The maximum atomic E-state index is 11.7. The molecule has 1 aliphatic heterocycles. The molecule has 80 valence electrons. The minimum absolute atomic E-state index is 0.114. The van der Waals surface area contributed by atoms with Crippen molar-refractivity contribution in [2.75, 3.05) is 32.7 Å². The number of hydrogen-bond donors (Lipinski definition) is 0. The third-order valence-electron chi connectivity index (χ3n) is 2.69. The molecule has 3 heteroatoms. The third kappa shape index (κ3) is 2.84. The molecule has 1 heterocycles. The second-order valence-corrected chi connectivity index (χ2v) is 3.86. The molecule has 1 rings (SSSR count). The summed E-state index contributed by atoms with van der Waals surface area (Å²) in [6, 6.07) is 0. The predicted molar refractivity (Wildman–Crippen MR) is 58.1 cm³/mol. The summed E-state index contributed by atoms with van der Waals surface area (Å²) in [5.74, 6) is 0.114. The van der Waals surface area contributed by atoms with Crippen LogP contribution in [0.4, 0.5) is 0 Å². The first-order valence-electron chi connectivity index (χ1n) is 5.32. The molecule has 0 spiro atoms. The Morgan fingerprint density at radius 1 is 1.29 bits per heavy atom. The highest BCUT2D eigenvalue weighted by Crippen LogP contribution is 2.06. The Morgan fingerprint density at radius 3 is 2.57 bits per heavy atom. The summed E-state index contributed by atoms with van der Waals surface area (Å²) in [4.78, 5) is 15.9. The number of likely N-dealkylation sites (N-methyl/N-ethyl adjacent to an activating group) is 1. The molecule has 0 bridgehead atoms. The van der Waals surface area contributed by atoms with Gasteiger partial charge < -0.3 is 9.80 Å². The SMILES string of the molecule is C=C(C)C(=O)N1CCCN(CC)CC1. The molecule has 0 N–H and O–H groups in total. The van der Waals surface area contributed by atoms with Gasteiger partial charge in [0.1, 0.15) is 0 Å². The zero-order valence-corrected chi connectivity index (χ0v) is 9.25. The molecule has 1 amide bonds. The lowest BCUT2D eigenvalue weighted by Gasteiger charge is -2.21. The van der Waals surface area contributed by atoms with Crippen molar-refractivity contribution >= 4 is 5.91 Å². The summed E-state index contributed by atoms with van der Waals surface area (Å²) in [6.07, 6.45) is 1.08. The minimum Gasteiger partial charge on any atom is -0.338 e. The Morgan fingerprint density at radius 2 is 2.00 bits per heavy atom. The monoisotopic (exact) mass is 196 g/mol. The molecule has 0 aliphatic carbocycles. The molecule has 1 fully saturated rings. The Hall–Kier alpha value is -0.830. The predicted octanol–water partition coefficient (Wildman–Crippen LogP) is 1.12. The summed E-state index contributed by atoms with van der Waals surface area (Å²) in [6.45, 7) is 12.5. The number of amides is 1. The van der Waals surface area contributed by atoms with E-state index in [0.29, 0.717) is 5.57 Å². The van der Waals surface area contributed by atoms with E-state index >= 15 is 0 Å². The van der Waals surface area contributed by atoms with Crippen molar-refractivity contribution in [1.82, 2.24) is 9.80 Å². The highest BCUT2D eigenvalue weighted by Gasteiger charge is 2.18. The Labute approximate surface area is 86.4 Å². The van der Waals surface area contributed by atoms with E-state index in [1.807, 2.05) is 4.90 Å². The van der Waals surface area contributed by atoms with Crippen LogP contribution in [0.15, 0.2) is 12.2 Å². The summed E-state index contributed by atoms with van der Waals surface area (Å²) in [5, 5.41) is 0. The topological polar surface area (TPSA) is 23.6 Å². The summed E-state index contributed by atoms with van der Waals surface area (Å²) >= 11 is 0. The van der Waals surface area contributed by atoms with Crippen molar-refractivity contribution in [2.24, 2.45) is 0 Å². The van der Waals surface area contributed by atoms with E-state index in [-0.39, 0.29) is 5.91 Å². The fourth-order valence-electron chi connectivity index (χ4n) is 1.76. The van der Waals surface area contributed by atoms with Crippen LogP contribution in [-0.4, -0.2) is 48.4 Å². The van der Waals surface area contributed by atoms with Gasteiger partial charge in [0.15, 0.2) is 0 Å². The van der Waals surface area contributed by atoms with Gasteiger partial charge in [0.25, 0.3) is 0 Å². The molecular weight excluding hydrogens is 176 g/mol. The van der Waals surface area contributed by atoms with Crippen LogP contribution in [0.1, 0.15) is 20.3 Å². The van der Waals surface area contributed by atoms with Crippen LogP contribution >= 0.6 is 0 Å². The zero-order valence-electron chi connectivity index (χ0n) is 9.25. The zero-order chi connectivity index (χ0) is 10.6. The van der Waals surface area contributed by atoms with E-state index in [0.717, 1.165) is 39.1 Å². The van der Waals surface area contributed by atoms with Gasteiger partial charge in [-0.1, -0.05) is 13.5 Å². The highest BCUT2D eigenvalue weighted by molar-refractivity contribution is 5.92. The lowest BCUT2D eigenvalue weighted by molar-refractivity contribution is -0.126. The van der Waals surface area contributed by atoms with Crippen molar-refractivity contribution in [1.29, 1.82) is 0 Å². The van der Waals surface area contributed by atoms with E-state index in [1.165, 1.54) is 0 Å². The molecule has 0 saturated carbocycles. The van der Waals surface area contributed by atoms with Crippen LogP contribution < -0.4 is 0 Å². The van der Waals surface area contributed by atoms with Crippen LogP contribution in [0.3, 0.4) is 0 Å². The van der Waals surface area contributed by atoms with Crippen LogP contribution in [0, 0.1) is 0 Å². The van der Waals surface area contributed by atoms with Crippen LogP contribution in [-0.2, 0) is 4.79 Å². The maximum Gasteiger partial charge on any atom is 0.248 e. The number of nitrogens with zero attached hydrogens (tertiary/aromatic N) is 2. The average molecular weight is 196 g/mol. The van der Waals surface area contributed by atoms with Gasteiger partial charge in [-0.2, -0.15) is 0 Å². The number of rotatable bonds is 2. The van der Waals surface area contributed by atoms with Crippen molar-refractivity contribution < 1.29 is 4.79 Å². The number of carbonyl (C=O) groups excluding carboxylic acids is 1. The van der Waals surface area contributed by atoms with Gasteiger partial charge in [-0.15, -0.1) is 0 Å². The van der Waals surface area contributed by atoms with E-state index in [2.05, 4.69) is 18.4 Å². The largest absolute Gasteiger partial charge is 0.338 e. The smallest absolute Gasteiger partial charge is 0.248 e. The molecule has 1 saturated heterocycles. The van der Waals surface area contributed by atoms with Crippen LogP contribution in [0.2, 0.25) is 0 Å². The van der Waals surface area contributed by atoms with Gasteiger partial charge in [-0.3, -0.25) is 4.79 Å². The van der Waals surface area contributed by atoms with Gasteiger partial charge >= 0.3 is 0 Å². The lowest BCUT2D eigenvalue weighted by atomic mass is 10.3. The first-order chi connectivity index (χ1) is 6.65. The molecule has 0 atom stereocenters. The molecule has 0 unspecified atom stereocenters. The van der Waals surface area contributed by atoms with Gasteiger partial charge in [-0.05, 0) is 26.4 Å². The first-order valence-corrected chi connectivity index (χ1v) is 5.32. The Bertz CT molecular complexity index is 225. The summed E-state index contributed by atoms with van der Waals surface area (Å²) < 4.78 is 0. The second kappa shape index (κ2) is 5.15. The van der Waals surface area contributed by atoms with E-state index < -0.39 is 0 Å². The molecular formula is C11H20N2O. The van der Waals surface area contributed by atoms with Crippen molar-refractivity contribution in [3.63, 3.8) is 0 Å². The van der Waals surface area contributed by atoms with Crippen molar-refractivity contribution in [2.45, 2.75) is 20.3 Å². The van der Waals surface area contributed by atoms with E-state index in [1.54, 1.807) is 6.92 Å². The van der Waals surface area contributed by atoms with Gasteiger partial charge in [0.2, 0.25) is 5.91 Å². The maximum absolute atomic E-state index is 11.7. The molecule has 14 heavy (non-hydrogen) atoms. The van der Waals surface area contributed by atoms with Crippen LogP contribution in [0.25, 0.3) is 0 Å². The van der Waals surface area contributed by atoms with Gasteiger partial charge in [0, 0.05) is 25.2 Å².